The molecule has 0 unspecified atom stereocenters. The van der Waals surface area contributed by atoms with Crippen molar-refractivity contribution in [3.8, 4) is 0 Å². The van der Waals surface area contributed by atoms with E-state index in [1.54, 1.807) is 18.2 Å². The van der Waals surface area contributed by atoms with Crippen molar-refractivity contribution in [3.05, 3.63) is 23.8 Å². The first kappa shape index (κ1) is 15.3. The second-order valence-corrected chi connectivity index (χ2v) is 8.55. The number of H-pyrrole nitrogens is 1. The molecule has 0 saturated carbocycles. The third kappa shape index (κ3) is 2.70. The molecule has 2 aromatic rings. The SMILES string of the molecule is Cc1ccc2nc(N3CCN(S(=O)(=O)C(C)C)CC3)[nH]c2c1. The molecule has 0 radical (unpaired) electrons. The van der Waals surface area contributed by atoms with Crippen LogP contribution in [0.1, 0.15) is 19.4 Å². The monoisotopic (exact) mass is 322 g/mol. The van der Waals surface area contributed by atoms with E-state index in [0.29, 0.717) is 26.2 Å². The molecule has 22 heavy (non-hydrogen) atoms. The number of nitrogens with one attached hydrogen (secondary N) is 1. The Labute approximate surface area is 131 Å². The Morgan fingerprint density at radius 2 is 1.86 bits per heavy atom. The number of hydrogen-bond donors (Lipinski definition) is 1. The van der Waals surface area contributed by atoms with Gasteiger partial charge in [0.15, 0.2) is 0 Å². The van der Waals surface area contributed by atoms with Crippen molar-refractivity contribution >= 4 is 27.0 Å². The van der Waals surface area contributed by atoms with Gasteiger partial charge >= 0.3 is 0 Å². The molecule has 0 amide bonds. The van der Waals surface area contributed by atoms with Crippen LogP contribution in [0.2, 0.25) is 0 Å². The van der Waals surface area contributed by atoms with Crippen LogP contribution in [0, 0.1) is 6.92 Å². The number of aryl methyl sites for hydroxylation is 1. The fourth-order valence-corrected chi connectivity index (χ4v) is 3.98. The number of aromatic nitrogens is 2. The van der Waals surface area contributed by atoms with Gasteiger partial charge in [-0.05, 0) is 38.5 Å². The molecule has 1 N–H and O–H groups in total. The summed E-state index contributed by atoms with van der Waals surface area (Å²) < 4.78 is 26.0. The topological polar surface area (TPSA) is 69.3 Å². The number of fused-ring (bicyclic) bond motifs is 1. The third-order valence-corrected chi connectivity index (χ3v) is 6.40. The maximum absolute atomic E-state index is 12.2. The van der Waals surface area contributed by atoms with Crippen molar-refractivity contribution in [2.75, 3.05) is 31.1 Å². The van der Waals surface area contributed by atoms with Crippen LogP contribution < -0.4 is 4.90 Å². The minimum atomic E-state index is -3.16. The van der Waals surface area contributed by atoms with Crippen molar-refractivity contribution in [1.82, 2.24) is 14.3 Å². The first-order valence-electron chi connectivity index (χ1n) is 7.58. The molecule has 1 aromatic carbocycles. The lowest BCUT2D eigenvalue weighted by atomic mass is 10.2. The zero-order valence-electron chi connectivity index (χ0n) is 13.2. The summed E-state index contributed by atoms with van der Waals surface area (Å²) in [6.07, 6.45) is 0. The lowest BCUT2D eigenvalue weighted by Gasteiger charge is -2.34. The van der Waals surface area contributed by atoms with Crippen molar-refractivity contribution in [2.45, 2.75) is 26.0 Å². The second kappa shape index (κ2) is 5.55. The van der Waals surface area contributed by atoms with E-state index in [1.807, 2.05) is 12.1 Å². The number of hydrogen-bond acceptors (Lipinski definition) is 4. The Kier molecular flexibility index (Phi) is 3.86. The van der Waals surface area contributed by atoms with Gasteiger partial charge in [-0.2, -0.15) is 4.31 Å². The molecule has 1 fully saturated rings. The predicted molar refractivity (Wildman–Crippen MR) is 88.7 cm³/mol. The van der Waals surface area contributed by atoms with Gasteiger partial charge in [-0.25, -0.2) is 13.4 Å². The average Bonchev–Trinajstić information content (AvgIpc) is 2.90. The largest absolute Gasteiger partial charge is 0.340 e. The number of rotatable bonds is 3. The molecule has 0 bridgehead atoms. The Balaban J connectivity index is 1.75. The summed E-state index contributed by atoms with van der Waals surface area (Å²) in [6, 6.07) is 6.12. The minimum Gasteiger partial charge on any atom is -0.340 e. The molecular formula is C15H22N4O2S. The van der Waals surface area contributed by atoms with Gasteiger partial charge in [0.2, 0.25) is 16.0 Å². The van der Waals surface area contributed by atoms with Gasteiger partial charge < -0.3 is 9.88 Å². The third-order valence-electron chi connectivity index (χ3n) is 4.12. The van der Waals surface area contributed by atoms with E-state index in [0.717, 1.165) is 17.0 Å². The van der Waals surface area contributed by atoms with E-state index in [4.69, 9.17) is 0 Å². The molecule has 3 rings (SSSR count). The Morgan fingerprint density at radius 1 is 1.18 bits per heavy atom. The van der Waals surface area contributed by atoms with Crippen LogP contribution in [0.5, 0.6) is 0 Å². The number of anilines is 1. The maximum atomic E-state index is 12.2. The highest BCUT2D eigenvalue weighted by molar-refractivity contribution is 7.89. The summed E-state index contributed by atoms with van der Waals surface area (Å²) in [5.41, 5.74) is 3.15. The molecule has 0 aliphatic carbocycles. The summed E-state index contributed by atoms with van der Waals surface area (Å²) in [6.45, 7) is 7.84. The van der Waals surface area contributed by atoms with Gasteiger partial charge in [-0.1, -0.05) is 6.07 Å². The highest BCUT2D eigenvalue weighted by Crippen LogP contribution is 2.21. The van der Waals surface area contributed by atoms with Crippen LogP contribution in [0.3, 0.4) is 0 Å². The number of aromatic amines is 1. The second-order valence-electron chi connectivity index (χ2n) is 6.06. The number of nitrogens with zero attached hydrogens (tertiary/aromatic N) is 3. The van der Waals surface area contributed by atoms with E-state index in [2.05, 4.69) is 27.9 Å². The van der Waals surface area contributed by atoms with Crippen molar-refractivity contribution < 1.29 is 8.42 Å². The molecule has 0 atom stereocenters. The molecule has 7 heteroatoms. The molecule has 6 nitrogen and oxygen atoms in total. The molecule has 1 saturated heterocycles. The fourth-order valence-electron chi connectivity index (χ4n) is 2.71. The van der Waals surface area contributed by atoms with Crippen LogP contribution in [0.4, 0.5) is 5.95 Å². The maximum Gasteiger partial charge on any atom is 0.216 e. The fraction of sp³-hybridized carbons (Fsp3) is 0.533. The molecule has 1 aliphatic rings. The summed E-state index contributed by atoms with van der Waals surface area (Å²) in [7, 11) is -3.16. The number of piperazine rings is 1. The summed E-state index contributed by atoms with van der Waals surface area (Å²) in [5, 5.41) is -0.367. The van der Waals surface area contributed by atoms with Gasteiger partial charge in [0.1, 0.15) is 0 Å². The van der Waals surface area contributed by atoms with Gasteiger partial charge in [0.25, 0.3) is 0 Å². The van der Waals surface area contributed by atoms with E-state index < -0.39 is 10.0 Å². The minimum absolute atomic E-state index is 0.367. The summed E-state index contributed by atoms with van der Waals surface area (Å²) in [5.74, 6) is 0.821. The molecule has 120 valence electrons. The predicted octanol–water partition coefficient (Wildman–Crippen LogP) is 1.73. The first-order valence-corrected chi connectivity index (χ1v) is 9.08. The molecule has 0 spiro atoms. The number of benzene rings is 1. The highest BCUT2D eigenvalue weighted by Gasteiger charge is 2.30. The van der Waals surface area contributed by atoms with E-state index in [-0.39, 0.29) is 5.25 Å². The van der Waals surface area contributed by atoms with E-state index in [9.17, 15) is 8.42 Å². The van der Waals surface area contributed by atoms with Gasteiger partial charge in [0.05, 0.1) is 16.3 Å². The quantitative estimate of drug-likeness (QED) is 0.934. The van der Waals surface area contributed by atoms with Crippen molar-refractivity contribution in [2.24, 2.45) is 0 Å². The van der Waals surface area contributed by atoms with Gasteiger partial charge in [0, 0.05) is 26.2 Å². The molecule has 1 aromatic heterocycles. The smallest absolute Gasteiger partial charge is 0.216 e. The van der Waals surface area contributed by atoms with Gasteiger partial charge in [-0.3, -0.25) is 0 Å². The lowest BCUT2D eigenvalue weighted by Crippen LogP contribution is -2.50. The van der Waals surface area contributed by atoms with E-state index >= 15 is 0 Å². The normalized spacial score (nSPS) is 17.5. The summed E-state index contributed by atoms with van der Waals surface area (Å²) >= 11 is 0. The van der Waals surface area contributed by atoms with Crippen LogP contribution in [0.15, 0.2) is 18.2 Å². The van der Waals surface area contributed by atoms with Crippen LogP contribution in [-0.2, 0) is 10.0 Å². The Bertz CT molecular complexity index is 774. The Morgan fingerprint density at radius 3 is 2.50 bits per heavy atom. The standard InChI is InChI=1S/C15H22N4O2S/c1-11(2)22(20,21)19-8-6-18(7-9-19)15-16-13-5-4-12(3)10-14(13)17-15/h4-5,10-11H,6-9H2,1-3H3,(H,16,17). The summed E-state index contributed by atoms with van der Waals surface area (Å²) in [4.78, 5) is 10.0. The number of sulfonamides is 1. The van der Waals surface area contributed by atoms with Gasteiger partial charge in [-0.15, -0.1) is 0 Å². The molecule has 1 aliphatic heterocycles. The zero-order chi connectivity index (χ0) is 15.9. The zero-order valence-corrected chi connectivity index (χ0v) is 14.0. The lowest BCUT2D eigenvalue weighted by molar-refractivity contribution is 0.379. The molecular weight excluding hydrogens is 300 g/mol. The first-order chi connectivity index (χ1) is 10.4. The number of imidazole rings is 1. The Hall–Kier alpha value is -1.60. The average molecular weight is 322 g/mol. The van der Waals surface area contributed by atoms with Crippen LogP contribution in [-0.4, -0.2) is 54.1 Å². The highest BCUT2D eigenvalue weighted by atomic mass is 32.2. The van der Waals surface area contributed by atoms with Crippen LogP contribution in [0.25, 0.3) is 11.0 Å². The van der Waals surface area contributed by atoms with Crippen LogP contribution >= 0.6 is 0 Å². The molecule has 2 heterocycles. The van der Waals surface area contributed by atoms with Crippen molar-refractivity contribution in [1.29, 1.82) is 0 Å². The van der Waals surface area contributed by atoms with E-state index in [1.165, 1.54) is 5.56 Å². The van der Waals surface area contributed by atoms with Crippen molar-refractivity contribution in [3.63, 3.8) is 0 Å².